The van der Waals surface area contributed by atoms with Gasteiger partial charge >= 0.3 is 0 Å². The Kier molecular flexibility index (Phi) is 5.12. The van der Waals surface area contributed by atoms with E-state index in [2.05, 4.69) is 29.5 Å². The van der Waals surface area contributed by atoms with Crippen LogP contribution in [-0.2, 0) is 17.9 Å². The molecule has 3 aromatic heterocycles. The van der Waals surface area contributed by atoms with Crippen LogP contribution in [0, 0.1) is 13.8 Å². The first-order chi connectivity index (χ1) is 11.6. The Labute approximate surface area is 144 Å². The molecule has 126 valence electrons. The molecule has 0 aliphatic rings. The molecule has 0 radical (unpaired) electrons. The summed E-state index contributed by atoms with van der Waals surface area (Å²) in [7, 11) is 0. The van der Waals surface area contributed by atoms with Gasteiger partial charge in [0.05, 0.1) is 25.0 Å². The summed E-state index contributed by atoms with van der Waals surface area (Å²) in [4.78, 5) is 16.8. The minimum atomic E-state index is -0.147. The van der Waals surface area contributed by atoms with Crippen molar-refractivity contribution in [2.24, 2.45) is 0 Å². The smallest absolute Gasteiger partial charge is 0.240 e. The molecule has 3 aromatic rings. The summed E-state index contributed by atoms with van der Waals surface area (Å²) in [5.74, 6) is 1.04. The van der Waals surface area contributed by atoms with Crippen molar-refractivity contribution in [3.05, 3.63) is 57.8 Å². The molecule has 0 fully saturated rings. The van der Waals surface area contributed by atoms with E-state index in [1.165, 1.54) is 9.75 Å². The fraction of sp³-hybridized carbons (Fsp3) is 0.294. The van der Waals surface area contributed by atoms with E-state index in [0.29, 0.717) is 19.0 Å². The lowest BCUT2D eigenvalue weighted by atomic mass is 10.3. The second-order valence-corrected chi connectivity index (χ2v) is 6.99. The summed E-state index contributed by atoms with van der Waals surface area (Å²) in [5, 5.41) is 6.49. The lowest BCUT2D eigenvalue weighted by molar-refractivity contribution is -0.117. The first kappa shape index (κ1) is 16.5. The van der Waals surface area contributed by atoms with Crippen LogP contribution < -0.4 is 5.32 Å². The van der Waals surface area contributed by atoms with Gasteiger partial charge in [0, 0.05) is 22.4 Å². The molecule has 0 unspecified atom stereocenters. The summed E-state index contributed by atoms with van der Waals surface area (Å²) < 4.78 is 10.4. The maximum Gasteiger partial charge on any atom is 0.240 e. The van der Waals surface area contributed by atoms with Crippen molar-refractivity contribution >= 4 is 23.1 Å². The molecule has 0 saturated heterocycles. The molecule has 0 bridgehead atoms. The Morgan fingerprint density at radius 1 is 1.29 bits per heavy atom. The van der Waals surface area contributed by atoms with Crippen molar-refractivity contribution in [2.45, 2.75) is 26.9 Å². The zero-order valence-corrected chi connectivity index (χ0v) is 14.4. The van der Waals surface area contributed by atoms with Crippen LogP contribution in [0.3, 0.4) is 0 Å². The third-order valence-corrected chi connectivity index (χ3v) is 4.38. The predicted molar refractivity (Wildman–Crippen MR) is 91.7 cm³/mol. The number of aromatic nitrogens is 1. The lowest BCUT2D eigenvalue weighted by Crippen LogP contribution is -2.32. The van der Waals surface area contributed by atoms with Crippen LogP contribution in [-0.4, -0.2) is 22.5 Å². The van der Waals surface area contributed by atoms with E-state index in [1.54, 1.807) is 23.7 Å². The summed E-state index contributed by atoms with van der Waals surface area (Å²) in [6.45, 7) is 5.36. The number of carbonyl (C=O) groups is 1. The van der Waals surface area contributed by atoms with E-state index in [4.69, 9.17) is 8.94 Å². The Morgan fingerprint density at radius 3 is 2.79 bits per heavy atom. The van der Waals surface area contributed by atoms with Gasteiger partial charge in [0.1, 0.15) is 5.76 Å². The number of aryl methyl sites for hydroxylation is 2. The van der Waals surface area contributed by atoms with Crippen molar-refractivity contribution in [1.82, 2.24) is 10.1 Å². The highest BCUT2D eigenvalue weighted by Gasteiger charge is 2.15. The van der Waals surface area contributed by atoms with Crippen molar-refractivity contribution in [1.29, 1.82) is 0 Å². The minimum absolute atomic E-state index is 0.147. The van der Waals surface area contributed by atoms with Gasteiger partial charge in [-0.3, -0.25) is 15.0 Å². The predicted octanol–water partition coefficient (Wildman–Crippen LogP) is 3.59. The van der Waals surface area contributed by atoms with Crippen LogP contribution in [0.2, 0.25) is 0 Å². The highest BCUT2D eigenvalue weighted by atomic mass is 32.1. The summed E-state index contributed by atoms with van der Waals surface area (Å²) in [6.07, 6.45) is 1.64. The van der Waals surface area contributed by atoms with Crippen molar-refractivity contribution in [3.63, 3.8) is 0 Å². The average Bonchev–Trinajstić information content (AvgIpc) is 3.24. The fourth-order valence-electron chi connectivity index (χ4n) is 2.38. The number of rotatable bonds is 7. The van der Waals surface area contributed by atoms with Crippen LogP contribution in [0.4, 0.5) is 5.88 Å². The van der Waals surface area contributed by atoms with Gasteiger partial charge in [-0.15, -0.1) is 11.3 Å². The zero-order valence-electron chi connectivity index (χ0n) is 13.6. The molecule has 0 aliphatic heterocycles. The molecule has 6 nitrogen and oxygen atoms in total. The average molecular weight is 345 g/mol. The van der Waals surface area contributed by atoms with Crippen molar-refractivity contribution in [3.8, 4) is 0 Å². The van der Waals surface area contributed by atoms with Gasteiger partial charge in [0.25, 0.3) is 0 Å². The van der Waals surface area contributed by atoms with E-state index < -0.39 is 0 Å². The number of nitrogens with zero attached hydrogens (tertiary/aromatic N) is 2. The van der Waals surface area contributed by atoms with E-state index in [-0.39, 0.29) is 12.5 Å². The number of hydrogen-bond donors (Lipinski definition) is 1. The minimum Gasteiger partial charge on any atom is -0.468 e. The third kappa shape index (κ3) is 4.56. The second kappa shape index (κ2) is 7.46. The zero-order chi connectivity index (χ0) is 16.9. The van der Waals surface area contributed by atoms with E-state index in [0.717, 1.165) is 11.5 Å². The first-order valence-electron chi connectivity index (χ1n) is 7.62. The number of furan rings is 1. The number of hydrogen-bond acceptors (Lipinski definition) is 6. The quantitative estimate of drug-likeness (QED) is 0.708. The SMILES string of the molecule is Cc1cc(NC(=O)CN(Cc2ccco2)Cc2ccc(C)s2)on1. The number of nitrogens with one attached hydrogen (secondary N) is 1. The molecule has 0 spiro atoms. The van der Waals surface area contributed by atoms with Crippen LogP contribution in [0.25, 0.3) is 0 Å². The maximum atomic E-state index is 12.3. The molecule has 3 heterocycles. The Balaban J connectivity index is 1.65. The molecule has 7 heteroatoms. The highest BCUT2D eigenvalue weighted by Crippen LogP contribution is 2.19. The van der Waals surface area contributed by atoms with Crippen molar-refractivity contribution in [2.75, 3.05) is 11.9 Å². The third-order valence-electron chi connectivity index (χ3n) is 3.39. The molecular weight excluding hydrogens is 326 g/mol. The van der Waals surface area contributed by atoms with Gasteiger partial charge in [0.2, 0.25) is 11.8 Å². The Morgan fingerprint density at radius 2 is 2.17 bits per heavy atom. The number of amides is 1. The molecular formula is C17H19N3O3S. The standard InChI is InChI=1S/C17H19N3O3S/c1-12-8-17(23-19-12)18-16(21)11-20(9-14-4-3-7-22-14)10-15-6-5-13(2)24-15/h3-8H,9-11H2,1-2H3,(H,18,21). The molecule has 3 rings (SSSR count). The highest BCUT2D eigenvalue weighted by molar-refractivity contribution is 7.11. The van der Waals surface area contributed by atoms with Crippen LogP contribution in [0.1, 0.15) is 21.2 Å². The fourth-order valence-corrected chi connectivity index (χ4v) is 3.32. The molecule has 0 aromatic carbocycles. The van der Waals surface area contributed by atoms with E-state index in [1.807, 2.05) is 24.0 Å². The Bertz CT molecular complexity index is 792. The van der Waals surface area contributed by atoms with Crippen LogP contribution >= 0.6 is 11.3 Å². The van der Waals surface area contributed by atoms with Gasteiger partial charge in [-0.25, -0.2) is 0 Å². The van der Waals surface area contributed by atoms with Gasteiger partial charge in [-0.1, -0.05) is 5.16 Å². The number of thiophene rings is 1. The van der Waals surface area contributed by atoms with E-state index in [9.17, 15) is 4.79 Å². The van der Waals surface area contributed by atoms with Crippen molar-refractivity contribution < 1.29 is 13.7 Å². The maximum absolute atomic E-state index is 12.3. The lowest BCUT2D eigenvalue weighted by Gasteiger charge is -2.19. The van der Waals surface area contributed by atoms with Gasteiger partial charge in [-0.2, -0.15) is 0 Å². The molecule has 24 heavy (non-hydrogen) atoms. The number of anilines is 1. The topological polar surface area (TPSA) is 71.5 Å². The van der Waals surface area contributed by atoms with Crippen LogP contribution in [0.15, 0.2) is 45.5 Å². The molecule has 1 N–H and O–H groups in total. The molecule has 1 amide bonds. The summed E-state index contributed by atoms with van der Waals surface area (Å²) in [6, 6.07) is 9.62. The van der Waals surface area contributed by atoms with Gasteiger partial charge in [-0.05, 0) is 38.1 Å². The largest absolute Gasteiger partial charge is 0.468 e. The normalized spacial score (nSPS) is 11.1. The summed E-state index contributed by atoms with van der Waals surface area (Å²) >= 11 is 1.73. The molecule has 0 saturated carbocycles. The first-order valence-corrected chi connectivity index (χ1v) is 8.43. The molecule has 0 atom stereocenters. The second-order valence-electron chi connectivity index (χ2n) is 5.62. The molecule has 0 aliphatic carbocycles. The Hall–Kier alpha value is -2.38. The van der Waals surface area contributed by atoms with E-state index >= 15 is 0 Å². The van der Waals surface area contributed by atoms with Crippen LogP contribution in [0.5, 0.6) is 0 Å². The number of carbonyl (C=O) groups excluding carboxylic acids is 1. The van der Waals surface area contributed by atoms with Gasteiger partial charge < -0.3 is 8.94 Å². The monoisotopic (exact) mass is 345 g/mol. The summed E-state index contributed by atoms with van der Waals surface area (Å²) in [5.41, 5.74) is 0.729. The van der Waals surface area contributed by atoms with Gasteiger partial charge in [0.15, 0.2) is 0 Å².